The van der Waals surface area contributed by atoms with Gasteiger partial charge in [0.15, 0.2) is 5.78 Å². The van der Waals surface area contributed by atoms with Crippen LogP contribution >= 0.6 is 0 Å². The Balaban J connectivity index is 2.40. The summed E-state index contributed by atoms with van der Waals surface area (Å²) >= 11 is 0. The fourth-order valence-electron chi connectivity index (χ4n) is 1.50. The fourth-order valence-corrected chi connectivity index (χ4v) is 1.50. The van der Waals surface area contributed by atoms with Crippen molar-refractivity contribution in [2.45, 2.75) is 6.42 Å². The molecule has 0 radical (unpaired) electrons. The molecule has 76 valence electrons. The standard InChI is InChI=1S/C12H10O3/c13-9-3-1-8(2-4-9)11-6-5-10(14)7-12(11)15/h1-6,13,15H,7H2. The highest BCUT2D eigenvalue weighted by molar-refractivity contribution is 5.98. The minimum atomic E-state index is -0.102. The van der Waals surface area contributed by atoms with E-state index in [4.69, 9.17) is 5.11 Å². The van der Waals surface area contributed by atoms with E-state index in [0.29, 0.717) is 5.57 Å². The second-order valence-electron chi connectivity index (χ2n) is 3.38. The molecule has 1 aromatic carbocycles. The summed E-state index contributed by atoms with van der Waals surface area (Å²) in [6.07, 6.45) is 3.09. The zero-order valence-electron chi connectivity index (χ0n) is 7.97. The molecule has 0 aliphatic heterocycles. The zero-order chi connectivity index (χ0) is 10.8. The number of carbonyl (C=O) groups excluding carboxylic acids is 1. The predicted octanol–water partition coefficient (Wildman–Crippen LogP) is 2.19. The summed E-state index contributed by atoms with van der Waals surface area (Å²) in [6.45, 7) is 0. The van der Waals surface area contributed by atoms with Crippen LogP contribution in [0.3, 0.4) is 0 Å². The van der Waals surface area contributed by atoms with E-state index in [1.165, 1.54) is 6.08 Å². The topological polar surface area (TPSA) is 57.5 Å². The van der Waals surface area contributed by atoms with E-state index in [-0.39, 0.29) is 23.7 Å². The number of benzene rings is 1. The number of phenolic OH excluding ortho intramolecular Hbond substituents is 1. The molecular weight excluding hydrogens is 192 g/mol. The van der Waals surface area contributed by atoms with Crippen molar-refractivity contribution >= 4 is 11.4 Å². The second-order valence-corrected chi connectivity index (χ2v) is 3.38. The van der Waals surface area contributed by atoms with E-state index >= 15 is 0 Å². The Morgan fingerprint density at radius 1 is 1.00 bits per heavy atom. The molecule has 0 saturated heterocycles. The van der Waals surface area contributed by atoms with Gasteiger partial charge in [-0.3, -0.25) is 4.79 Å². The molecule has 0 spiro atoms. The number of hydrogen-bond acceptors (Lipinski definition) is 3. The van der Waals surface area contributed by atoms with Crippen LogP contribution < -0.4 is 0 Å². The largest absolute Gasteiger partial charge is 0.511 e. The van der Waals surface area contributed by atoms with Crippen LogP contribution in [0.5, 0.6) is 5.75 Å². The van der Waals surface area contributed by atoms with Crippen molar-refractivity contribution in [1.29, 1.82) is 0 Å². The molecule has 1 aromatic rings. The van der Waals surface area contributed by atoms with Crippen LogP contribution in [-0.4, -0.2) is 16.0 Å². The summed E-state index contributed by atoms with van der Waals surface area (Å²) < 4.78 is 0. The summed E-state index contributed by atoms with van der Waals surface area (Å²) in [5, 5.41) is 18.7. The van der Waals surface area contributed by atoms with Crippen molar-refractivity contribution in [2.24, 2.45) is 0 Å². The minimum Gasteiger partial charge on any atom is -0.511 e. The summed E-state index contributed by atoms with van der Waals surface area (Å²) in [5.41, 5.74) is 1.42. The van der Waals surface area contributed by atoms with Crippen molar-refractivity contribution in [2.75, 3.05) is 0 Å². The molecule has 1 aliphatic carbocycles. The maximum atomic E-state index is 11.0. The van der Waals surface area contributed by atoms with Gasteiger partial charge in [-0.25, -0.2) is 0 Å². The van der Waals surface area contributed by atoms with Gasteiger partial charge in [0.25, 0.3) is 0 Å². The zero-order valence-corrected chi connectivity index (χ0v) is 7.97. The Morgan fingerprint density at radius 3 is 2.27 bits per heavy atom. The Labute approximate surface area is 87.0 Å². The first-order chi connectivity index (χ1) is 7.16. The monoisotopic (exact) mass is 202 g/mol. The van der Waals surface area contributed by atoms with Gasteiger partial charge in [0.05, 0.1) is 6.42 Å². The second kappa shape index (κ2) is 3.61. The first-order valence-corrected chi connectivity index (χ1v) is 4.59. The van der Waals surface area contributed by atoms with Gasteiger partial charge in [0.1, 0.15) is 11.5 Å². The normalized spacial score (nSPS) is 15.9. The molecule has 3 nitrogen and oxygen atoms in total. The number of aliphatic hydroxyl groups excluding tert-OH is 1. The number of hydrogen-bond donors (Lipinski definition) is 2. The molecule has 0 atom stereocenters. The molecule has 0 bridgehead atoms. The van der Waals surface area contributed by atoms with Crippen LogP contribution in [-0.2, 0) is 4.79 Å². The van der Waals surface area contributed by atoms with Crippen molar-refractivity contribution in [3.63, 3.8) is 0 Å². The van der Waals surface area contributed by atoms with Crippen molar-refractivity contribution < 1.29 is 15.0 Å². The quantitative estimate of drug-likeness (QED) is 0.733. The number of aliphatic hydroxyl groups is 1. The maximum absolute atomic E-state index is 11.0. The Bertz CT molecular complexity index is 452. The van der Waals surface area contributed by atoms with Gasteiger partial charge in [0.2, 0.25) is 0 Å². The summed E-state index contributed by atoms with van der Waals surface area (Å²) in [6, 6.07) is 6.47. The molecule has 0 amide bonds. The first kappa shape index (κ1) is 9.52. The Morgan fingerprint density at radius 2 is 1.67 bits per heavy atom. The number of phenols is 1. The smallest absolute Gasteiger partial charge is 0.163 e. The van der Waals surface area contributed by atoms with Crippen molar-refractivity contribution in [1.82, 2.24) is 0 Å². The van der Waals surface area contributed by atoms with E-state index < -0.39 is 0 Å². The van der Waals surface area contributed by atoms with Crippen molar-refractivity contribution in [3.8, 4) is 5.75 Å². The first-order valence-electron chi connectivity index (χ1n) is 4.59. The van der Waals surface area contributed by atoms with Gasteiger partial charge in [0, 0.05) is 5.57 Å². The number of rotatable bonds is 1. The minimum absolute atomic E-state index is 0.0483. The van der Waals surface area contributed by atoms with E-state index in [0.717, 1.165) is 5.56 Å². The van der Waals surface area contributed by atoms with Crippen LogP contribution in [0.25, 0.3) is 5.57 Å². The van der Waals surface area contributed by atoms with E-state index in [1.54, 1.807) is 30.3 Å². The lowest BCUT2D eigenvalue weighted by Crippen LogP contribution is -2.03. The lowest BCUT2D eigenvalue weighted by Gasteiger charge is -2.10. The Hall–Kier alpha value is -2.03. The third-order valence-electron chi connectivity index (χ3n) is 2.27. The molecule has 1 aliphatic rings. The SMILES string of the molecule is O=C1C=CC(c2ccc(O)cc2)=C(O)C1. The molecule has 15 heavy (non-hydrogen) atoms. The Kier molecular flexibility index (Phi) is 2.29. The number of carbonyl (C=O) groups is 1. The van der Waals surface area contributed by atoms with Crippen LogP contribution in [0, 0.1) is 0 Å². The van der Waals surface area contributed by atoms with Crippen LogP contribution in [0.2, 0.25) is 0 Å². The highest BCUT2D eigenvalue weighted by atomic mass is 16.3. The van der Waals surface area contributed by atoms with E-state index in [2.05, 4.69) is 0 Å². The molecule has 2 N–H and O–H groups in total. The highest BCUT2D eigenvalue weighted by Gasteiger charge is 2.13. The molecule has 0 saturated carbocycles. The molecule has 0 aromatic heterocycles. The van der Waals surface area contributed by atoms with Crippen LogP contribution in [0.4, 0.5) is 0 Å². The van der Waals surface area contributed by atoms with Gasteiger partial charge in [-0.1, -0.05) is 12.1 Å². The number of ketones is 1. The van der Waals surface area contributed by atoms with Crippen LogP contribution in [0.1, 0.15) is 12.0 Å². The molecule has 0 fully saturated rings. The van der Waals surface area contributed by atoms with Gasteiger partial charge < -0.3 is 10.2 Å². The third kappa shape index (κ3) is 1.91. The van der Waals surface area contributed by atoms with Crippen LogP contribution in [0.15, 0.2) is 42.2 Å². The van der Waals surface area contributed by atoms with Gasteiger partial charge >= 0.3 is 0 Å². The number of allylic oxidation sites excluding steroid dienone is 4. The predicted molar refractivity (Wildman–Crippen MR) is 56.4 cm³/mol. The lowest BCUT2D eigenvalue weighted by molar-refractivity contribution is -0.114. The van der Waals surface area contributed by atoms with E-state index in [1.807, 2.05) is 0 Å². The molecule has 0 heterocycles. The lowest BCUT2D eigenvalue weighted by atomic mass is 9.97. The average Bonchev–Trinajstić information content (AvgIpc) is 2.20. The molecule has 3 heteroatoms. The maximum Gasteiger partial charge on any atom is 0.163 e. The van der Waals surface area contributed by atoms with Gasteiger partial charge in [-0.05, 0) is 29.8 Å². The molecular formula is C12H10O3. The van der Waals surface area contributed by atoms with E-state index in [9.17, 15) is 9.90 Å². The third-order valence-corrected chi connectivity index (χ3v) is 2.27. The summed E-state index contributed by atoms with van der Waals surface area (Å²) in [7, 11) is 0. The van der Waals surface area contributed by atoms with Gasteiger partial charge in [-0.2, -0.15) is 0 Å². The molecule has 2 rings (SSSR count). The van der Waals surface area contributed by atoms with Crippen molar-refractivity contribution in [3.05, 3.63) is 47.7 Å². The summed E-state index contributed by atoms with van der Waals surface area (Å²) in [5.74, 6) is 0.151. The number of aromatic hydroxyl groups is 1. The average molecular weight is 202 g/mol. The summed E-state index contributed by atoms with van der Waals surface area (Å²) in [4.78, 5) is 11.0. The van der Waals surface area contributed by atoms with Gasteiger partial charge in [-0.15, -0.1) is 0 Å². The molecule has 0 unspecified atom stereocenters. The highest BCUT2D eigenvalue weighted by Crippen LogP contribution is 2.25. The fraction of sp³-hybridized carbons (Fsp3) is 0.0833.